The van der Waals surface area contributed by atoms with Crippen LogP contribution < -0.4 is 10.5 Å². The normalized spacial score (nSPS) is 10.9. The SMILES string of the molecule is O=C([O-])c1ccccc1/C=N\NC(=O)c1cc(-c2ccccc2)nc2ccccc12. The Morgan fingerprint density at radius 1 is 0.867 bits per heavy atom. The molecule has 0 aliphatic heterocycles. The minimum absolute atomic E-state index is 0.00350. The van der Waals surface area contributed by atoms with E-state index in [0.717, 1.165) is 5.56 Å². The number of hydrogen-bond acceptors (Lipinski definition) is 5. The van der Waals surface area contributed by atoms with Crippen LogP contribution in [0.25, 0.3) is 22.2 Å². The van der Waals surface area contributed by atoms with Crippen molar-refractivity contribution in [1.29, 1.82) is 0 Å². The maximum Gasteiger partial charge on any atom is 0.272 e. The molecule has 0 fully saturated rings. The van der Waals surface area contributed by atoms with Gasteiger partial charge in [0.15, 0.2) is 0 Å². The van der Waals surface area contributed by atoms with Crippen LogP contribution in [-0.2, 0) is 0 Å². The van der Waals surface area contributed by atoms with E-state index in [9.17, 15) is 14.7 Å². The average molecular weight is 394 g/mol. The smallest absolute Gasteiger partial charge is 0.272 e. The van der Waals surface area contributed by atoms with Crippen LogP contribution in [0, 0.1) is 0 Å². The molecule has 0 unspecified atom stereocenters. The molecule has 0 saturated heterocycles. The first kappa shape index (κ1) is 19.0. The number of rotatable bonds is 5. The number of carboxylic acid groups (broad SMARTS) is 1. The van der Waals surface area contributed by atoms with Gasteiger partial charge in [-0.1, -0.05) is 72.8 Å². The fourth-order valence-corrected chi connectivity index (χ4v) is 3.14. The molecule has 30 heavy (non-hydrogen) atoms. The van der Waals surface area contributed by atoms with Crippen LogP contribution in [0.3, 0.4) is 0 Å². The number of carbonyl (C=O) groups excluding carboxylic acids is 2. The lowest BCUT2D eigenvalue weighted by atomic mass is 10.0. The van der Waals surface area contributed by atoms with E-state index in [1.807, 2.05) is 54.6 Å². The first-order valence-corrected chi connectivity index (χ1v) is 9.22. The molecule has 1 N–H and O–H groups in total. The molecular weight excluding hydrogens is 378 g/mol. The summed E-state index contributed by atoms with van der Waals surface area (Å²) >= 11 is 0. The second-order valence-electron chi connectivity index (χ2n) is 6.51. The third-order valence-corrected chi connectivity index (χ3v) is 4.58. The van der Waals surface area contributed by atoms with Gasteiger partial charge < -0.3 is 9.90 Å². The number of fused-ring (bicyclic) bond motifs is 1. The molecular formula is C24H16N3O3-. The number of para-hydroxylation sites is 1. The van der Waals surface area contributed by atoms with Crippen LogP contribution in [-0.4, -0.2) is 23.1 Å². The third-order valence-electron chi connectivity index (χ3n) is 4.58. The number of nitrogens with zero attached hydrogens (tertiary/aromatic N) is 2. The van der Waals surface area contributed by atoms with Crippen LogP contribution in [0.15, 0.2) is 90.0 Å². The molecule has 0 bridgehead atoms. The Labute approximate surface area is 172 Å². The molecule has 4 aromatic rings. The van der Waals surface area contributed by atoms with Crippen molar-refractivity contribution in [2.45, 2.75) is 0 Å². The molecule has 0 radical (unpaired) electrons. The van der Waals surface area contributed by atoms with Gasteiger partial charge in [0.1, 0.15) is 0 Å². The van der Waals surface area contributed by atoms with Crippen LogP contribution in [0.2, 0.25) is 0 Å². The zero-order chi connectivity index (χ0) is 20.9. The standard InChI is InChI=1S/C24H17N3O3/c28-23(27-25-15-17-10-4-5-11-18(17)24(29)30)20-14-22(16-8-2-1-3-9-16)26-21-13-7-6-12-19(20)21/h1-15H,(H,27,28)(H,29,30)/p-1/b25-15-. The summed E-state index contributed by atoms with van der Waals surface area (Å²) in [6.07, 6.45) is 1.28. The van der Waals surface area contributed by atoms with Gasteiger partial charge in [0.2, 0.25) is 0 Å². The van der Waals surface area contributed by atoms with Gasteiger partial charge in [-0.15, -0.1) is 0 Å². The first-order valence-electron chi connectivity index (χ1n) is 9.22. The Morgan fingerprint density at radius 2 is 1.57 bits per heavy atom. The topological polar surface area (TPSA) is 94.5 Å². The Bertz CT molecular complexity index is 1270. The molecule has 0 atom stereocenters. The molecule has 0 spiro atoms. The Morgan fingerprint density at radius 3 is 2.37 bits per heavy atom. The molecule has 1 amide bonds. The zero-order valence-corrected chi connectivity index (χ0v) is 15.8. The van der Waals surface area contributed by atoms with Gasteiger partial charge >= 0.3 is 0 Å². The molecule has 1 heterocycles. The van der Waals surface area contributed by atoms with E-state index in [1.54, 1.807) is 24.3 Å². The van der Waals surface area contributed by atoms with Crippen LogP contribution in [0.5, 0.6) is 0 Å². The molecule has 0 aliphatic rings. The Hall–Kier alpha value is -4.32. The summed E-state index contributed by atoms with van der Waals surface area (Å²) in [5.41, 5.74) is 5.48. The highest BCUT2D eigenvalue weighted by Gasteiger charge is 2.13. The highest BCUT2D eigenvalue weighted by atomic mass is 16.4. The van der Waals surface area contributed by atoms with Gasteiger partial charge in [0, 0.05) is 22.1 Å². The Kier molecular flexibility index (Phi) is 5.30. The fraction of sp³-hybridized carbons (Fsp3) is 0. The summed E-state index contributed by atoms with van der Waals surface area (Å²) in [6, 6.07) is 24.9. The zero-order valence-electron chi connectivity index (χ0n) is 15.8. The van der Waals surface area contributed by atoms with Gasteiger partial charge in [0.05, 0.1) is 29.0 Å². The van der Waals surface area contributed by atoms with E-state index in [-0.39, 0.29) is 5.56 Å². The number of amides is 1. The summed E-state index contributed by atoms with van der Waals surface area (Å²) in [7, 11) is 0. The van der Waals surface area contributed by atoms with Crippen molar-refractivity contribution in [3.05, 3.63) is 102 Å². The number of carbonyl (C=O) groups is 2. The largest absolute Gasteiger partial charge is 0.545 e. The minimum Gasteiger partial charge on any atom is -0.545 e. The van der Waals surface area contributed by atoms with E-state index >= 15 is 0 Å². The number of hydrogen-bond donors (Lipinski definition) is 1. The summed E-state index contributed by atoms with van der Waals surface area (Å²) in [4.78, 5) is 28.7. The second kappa shape index (κ2) is 8.36. The number of aromatic nitrogens is 1. The first-order chi connectivity index (χ1) is 14.6. The van der Waals surface area contributed by atoms with Crippen molar-refractivity contribution in [3.63, 3.8) is 0 Å². The van der Waals surface area contributed by atoms with Gasteiger partial charge in [-0.25, -0.2) is 10.4 Å². The van der Waals surface area contributed by atoms with E-state index in [1.165, 1.54) is 12.3 Å². The summed E-state index contributed by atoms with van der Waals surface area (Å²) in [5, 5.41) is 15.8. The van der Waals surface area contributed by atoms with Crippen LogP contribution >= 0.6 is 0 Å². The van der Waals surface area contributed by atoms with Gasteiger partial charge in [0.25, 0.3) is 5.91 Å². The number of aromatic carboxylic acids is 1. The monoisotopic (exact) mass is 394 g/mol. The second-order valence-corrected chi connectivity index (χ2v) is 6.51. The van der Waals surface area contributed by atoms with E-state index in [2.05, 4.69) is 15.5 Å². The molecule has 6 nitrogen and oxygen atoms in total. The lowest BCUT2D eigenvalue weighted by Crippen LogP contribution is -2.24. The Balaban J connectivity index is 1.67. The molecule has 6 heteroatoms. The number of nitrogens with one attached hydrogen (secondary N) is 1. The van der Waals surface area contributed by atoms with Crippen molar-refractivity contribution in [3.8, 4) is 11.3 Å². The maximum atomic E-state index is 12.9. The van der Waals surface area contributed by atoms with Gasteiger partial charge in [-0.3, -0.25) is 4.79 Å². The molecule has 0 saturated carbocycles. The quantitative estimate of drug-likeness (QED) is 0.416. The number of benzene rings is 3. The predicted molar refractivity (Wildman–Crippen MR) is 113 cm³/mol. The molecule has 3 aromatic carbocycles. The minimum atomic E-state index is -1.31. The van der Waals surface area contributed by atoms with Crippen LogP contribution in [0.4, 0.5) is 0 Å². The predicted octanol–water partition coefficient (Wildman–Crippen LogP) is 3.03. The highest BCUT2D eigenvalue weighted by Crippen LogP contribution is 2.24. The van der Waals surface area contributed by atoms with Crippen molar-refractivity contribution in [1.82, 2.24) is 10.4 Å². The number of pyridine rings is 1. The lowest BCUT2D eigenvalue weighted by molar-refractivity contribution is -0.255. The maximum absolute atomic E-state index is 12.9. The summed E-state index contributed by atoms with van der Waals surface area (Å²) in [5.74, 6) is -1.73. The lowest BCUT2D eigenvalue weighted by Gasteiger charge is -2.09. The van der Waals surface area contributed by atoms with Gasteiger partial charge in [-0.2, -0.15) is 5.10 Å². The van der Waals surface area contributed by atoms with E-state index < -0.39 is 11.9 Å². The molecule has 4 rings (SSSR count). The number of carboxylic acids is 1. The van der Waals surface area contributed by atoms with Crippen molar-refractivity contribution < 1.29 is 14.7 Å². The number of hydrazone groups is 1. The molecule has 146 valence electrons. The van der Waals surface area contributed by atoms with Crippen molar-refractivity contribution in [2.75, 3.05) is 0 Å². The van der Waals surface area contributed by atoms with E-state index in [4.69, 9.17) is 0 Å². The summed E-state index contributed by atoms with van der Waals surface area (Å²) < 4.78 is 0. The molecule has 1 aromatic heterocycles. The third kappa shape index (κ3) is 3.93. The van der Waals surface area contributed by atoms with Gasteiger partial charge in [-0.05, 0) is 12.1 Å². The fourth-order valence-electron chi connectivity index (χ4n) is 3.14. The average Bonchev–Trinajstić information content (AvgIpc) is 2.79. The van der Waals surface area contributed by atoms with Crippen LogP contribution in [0.1, 0.15) is 26.3 Å². The van der Waals surface area contributed by atoms with Crippen molar-refractivity contribution in [2.24, 2.45) is 5.10 Å². The van der Waals surface area contributed by atoms with E-state index in [0.29, 0.717) is 27.7 Å². The summed E-state index contributed by atoms with van der Waals surface area (Å²) in [6.45, 7) is 0. The highest BCUT2D eigenvalue weighted by molar-refractivity contribution is 6.07. The molecule has 0 aliphatic carbocycles. The van der Waals surface area contributed by atoms with Crippen molar-refractivity contribution >= 4 is 29.0 Å².